The third-order valence-corrected chi connectivity index (χ3v) is 5.41. The van der Waals surface area contributed by atoms with Gasteiger partial charge in [0.05, 0.1) is 12.8 Å². The van der Waals surface area contributed by atoms with E-state index in [4.69, 9.17) is 9.47 Å². The molecule has 0 saturated carbocycles. The molecule has 0 unspecified atom stereocenters. The molecule has 7 heteroatoms. The highest BCUT2D eigenvalue weighted by atomic mass is 16.5. The minimum Gasteiger partial charge on any atom is -0.490 e. The first-order chi connectivity index (χ1) is 17.6. The van der Waals surface area contributed by atoms with Crippen molar-refractivity contribution in [3.05, 3.63) is 108 Å². The summed E-state index contributed by atoms with van der Waals surface area (Å²) in [6.45, 7) is 3.00. The maximum absolute atomic E-state index is 12.0. The molecule has 36 heavy (non-hydrogen) atoms. The summed E-state index contributed by atoms with van der Waals surface area (Å²) in [7, 11) is 0. The van der Waals surface area contributed by atoms with Crippen LogP contribution in [-0.4, -0.2) is 24.6 Å². The van der Waals surface area contributed by atoms with Crippen LogP contribution in [0.2, 0.25) is 0 Å². The number of rotatable bonds is 9. The summed E-state index contributed by atoms with van der Waals surface area (Å²) in [4.78, 5) is 24.0. The Morgan fingerprint density at radius 3 is 2.44 bits per heavy atom. The zero-order chi connectivity index (χ0) is 25.2. The second kappa shape index (κ2) is 12.2. The third-order valence-electron chi connectivity index (χ3n) is 5.41. The Hall–Kier alpha value is -4.65. The smallest absolute Gasteiger partial charge is 0.329 e. The predicted molar refractivity (Wildman–Crippen MR) is 140 cm³/mol. The number of ether oxygens (including phenoxy) is 2. The van der Waals surface area contributed by atoms with Crippen LogP contribution in [0.5, 0.6) is 11.5 Å². The van der Waals surface area contributed by atoms with Crippen molar-refractivity contribution in [2.24, 2.45) is 5.10 Å². The van der Waals surface area contributed by atoms with Gasteiger partial charge in [0.15, 0.2) is 11.5 Å². The first kappa shape index (κ1) is 24.5. The van der Waals surface area contributed by atoms with Gasteiger partial charge in [0.1, 0.15) is 6.61 Å². The van der Waals surface area contributed by atoms with Crippen LogP contribution < -0.4 is 20.2 Å². The van der Waals surface area contributed by atoms with E-state index >= 15 is 0 Å². The van der Waals surface area contributed by atoms with Gasteiger partial charge in [-0.2, -0.15) is 5.10 Å². The zero-order valence-corrected chi connectivity index (χ0v) is 19.9. The van der Waals surface area contributed by atoms with Gasteiger partial charge in [-0.25, -0.2) is 5.43 Å². The maximum Gasteiger partial charge on any atom is 0.329 e. The molecule has 0 fully saturated rings. The number of benzene rings is 4. The van der Waals surface area contributed by atoms with Crippen molar-refractivity contribution in [3.8, 4) is 11.5 Å². The average Bonchev–Trinajstić information content (AvgIpc) is 2.92. The van der Waals surface area contributed by atoms with Gasteiger partial charge < -0.3 is 14.8 Å². The van der Waals surface area contributed by atoms with Gasteiger partial charge in [0, 0.05) is 6.54 Å². The quantitative estimate of drug-likeness (QED) is 0.208. The molecule has 0 atom stereocenters. The van der Waals surface area contributed by atoms with Gasteiger partial charge in [-0.3, -0.25) is 9.59 Å². The van der Waals surface area contributed by atoms with Gasteiger partial charge >= 0.3 is 11.8 Å². The van der Waals surface area contributed by atoms with E-state index in [1.165, 1.54) is 6.21 Å². The largest absolute Gasteiger partial charge is 0.490 e. The Morgan fingerprint density at radius 2 is 1.61 bits per heavy atom. The van der Waals surface area contributed by atoms with Crippen molar-refractivity contribution in [1.82, 2.24) is 10.7 Å². The van der Waals surface area contributed by atoms with Gasteiger partial charge in [-0.15, -0.1) is 0 Å². The molecule has 0 spiro atoms. The second-order valence-corrected chi connectivity index (χ2v) is 7.93. The molecule has 4 aromatic carbocycles. The van der Waals surface area contributed by atoms with Gasteiger partial charge in [-0.1, -0.05) is 72.8 Å². The van der Waals surface area contributed by atoms with Crippen LogP contribution >= 0.6 is 0 Å². The van der Waals surface area contributed by atoms with Gasteiger partial charge in [0.2, 0.25) is 0 Å². The Kier molecular flexibility index (Phi) is 8.27. The molecule has 4 aromatic rings. The number of nitrogens with one attached hydrogen (secondary N) is 2. The summed E-state index contributed by atoms with van der Waals surface area (Å²) < 4.78 is 11.8. The number of hydrogen-bond donors (Lipinski definition) is 2. The molecule has 4 rings (SSSR count). The molecule has 2 N–H and O–H groups in total. The molecule has 0 aromatic heterocycles. The SMILES string of the molecule is CCOc1cc(C=NNC(=O)C(=O)NCc2ccccc2)ccc1OCc1cccc2ccccc12. The standard InChI is InChI=1S/C29H27N3O4/c1-2-35-27-17-22(19-31-32-29(34)28(33)30-18-21-9-4-3-5-10-21)15-16-26(27)36-20-24-13-8-12-23-11-6-7-14-25(23)24/h3-17,19H,2,18,20H2,1H3,(H,30,33)(H,32,34). The lowest BCUT2D eigenvalue weighted by Crippen LogP contribution is -2.37. The Balaban J connectivity index is 1.36. The molecule has 7 nitrogen and oxygen atoms in total. The van der Waals surface area contributed by atoms with Crippen molar-refractivity contribution in [2.75, 3.05) is 6.61 Å². The van der Waals surface area contributed by atoms with Crippen LogP contribution in [0.4, 0.5) is 0 Å². The van der Waals surface area contributed by atoms with Crippen molar-refractivity contribution in [1.29, 1.82) is 0 Å². The van der Waals surface area contributed by atoms with E-state index in [9.17, 15) is 9.59 Å². The number of nitrogens with zero attached hydrogens (tertiary/aromatic N) is 1. The predicted octanol–water partition coefficient (Wildman–Crippen LogP) is 4.58. The van der Waals surface area contributed by atoms with Crippen molar-refractivity contribution < 1.29 is 19.1 Å². The van der Waals surface area contributed by atoms with Gasteiger partial charge in [0.25, 0.3) is 0 Å². The molecule has 0 heterocycles. The molecule has 2 amide bonds. The normalized spacial score (nSPS) is 10.8. The zero-order valence-electron chi connectivity index (χ0n) is 19.9. The van der Waals surface area contributed by atoms with Crippen molar-refractivity contribution >= 4 is 28.8 Å². The van der Waals surface area contributed by atoms with E-state index in [-0.39, 0.29) is 6.54 Å². The number of fused-ring (bicyclic) bond motifs is 1. The summed E-state index contributed by atoms with van der Waals surface area (Å²) in [6, 6.07) is 29.0. The van der Waals surface area contributed by atoms with Crippen molar-refractivity contribution in [2.45, 2.75) is 20.1 Å². The molecule has 0 aliphatic rings. The maximum atomic E-state index is 12.0. The molecule has 0 bridgehead atoms. The van der Waals surface area contributed by atoms with Crippen LogP contribution in [0, 0.1) is 0 Å². The van der Waals surface area contributed by atoms with E-state index in [0.717, 1.165) is 21.9 Å². The molecule has 0 aliphatic heterocycles. The number of hydrazone groups is 1. The highest BCUT2D eigenvalue weighted by Crippen LogP contribution is 2.30. The Bertz CT molecular complexity index is 1360. The fraction of sp³-hybridized carbons (Fsp3) is 0.138. The molecule has 0 saturated heterocycles. The molecule has 0 radical (unpaired) electrons. The number of carbonyl (C=O) groups is 2. The van der Waals surface area contributed by atoms with Gasteiger partial charge in [-0.05, 0) is 52.6 Å². The van der Waals surface area contributed by atoms with E-state index in [1.807, 2.05) is 61.5 Å². The monoisotopic (exact) mass is 481 g/mol. The fourth-order valence-electron chi connectivity index (χ4n) is 3.64. The summed E-state index contributed by atoms with van der Waals surface area (Å²) in [5, 5.41) is 8.75. The van der Waals surface area contributed by atoms with Crippen LogP contribution in [-0.2, 0) is 22.7 Å². The van der Waals surface area contributed by atoms with Crippen LogP contribution in [0.1, 0.15) is 23.6 Å². The summed E-state index contributed by atoms with van der Waals surface area (Å²) in [5.74, 6) is -0.440. The lowest BCUT2D eigenvalue weighted by atomic mass is 10.1. The minimum absolute atomic E-state index is 0.259. The number of hydrogen-bond acceptors (Lipinski definition) is 5. The summed E-state index contributed by atoms with van der Waals surface area (Å²) in [6.07, 6.45) is 1.44. The lowest BCUT2D eigenvalue weighted by Gasteiger charge is -2.13. The highest BCUT2D eigenvalue weighted by Gasteiger charge is 2.12. The topological polar surface area (TPSA) is 89.0 Å². The minimum atomic E-state index is -0.845. The fourth-order valence-corrected chi connectivity index (χ4v) is 3.64. The van der Waals surface area contributed by atoms with E-state index in [0.29, 0.717) is 30.3 Å². The Labute approximate surface area is 209 Å². The summed E-state index contributed by atoms with van der Waals surface area (Å²) >= 11 is 0. The third kappa shape index (κ3) is 6.48. The lowest BCUT2D eigenvalue weighted by molar-refractivity contribution is -0.139. The Morgan fingerprint density at radius 1 is 0.833 bits per heavy atom. The molecular formula is C29H27N3O4. The van der Waals surface area contributed by atoms with Crippen LogP contribution in [0.15, 0.2) is 96.1 Å². The van der Waals surface area contributed by atoms with Crippen LogP contribution in [0.25, 0.3) is 10.8 Å². The molecule has 0 aliphatic carbocycles. The van der Waals surface area contributed by atoms with Crippen molar-refractivity contribution in [3.63, 3.8) is 0 Å². The van der Waals surface area contributed by atoms with E-state index in [1.54, 1.807) is 18.2 Å². The molecule has 182 valence electrons. The average molecular weight is 482 g/mol. The first-order valence-corrected chi connectivity index (χ1v) is 11.7. The van der Waals surface area contributed by atoms with E-state index in [2.05, 4.69) is 34.0 Å². The highest BCUT2D eigenvalue weighted by molar-refractivity contribution is 6.35. The van der Waals surface area contributed by atoms with E-state index < -0.39 is 11.8 Å². The number of carbonyl (C=O) groups excluding carboxylic acids is 2. The molecular weight excluding hydrogens is 454 g/mol. The first-order valence-electron chi connectivity index (χ1n) is 11.7. The number of amides is 2. The van der Waals surface area contributed by atoms with Crippen LogP contribution in [0.3, 0.4) is 0 Å². The summed E-state index contributed by atoms with van der Waals surface area (Å²) in [5.41, 5.74) is 4.90. The second-order valence-electron chi connectivity index (χ2n) is 7.93.